The van der Waals surface area contributed by atoms with Gasteiger partial charge in [-0.15, -0.1) is 0 Å². The topological polar surface area (TPSA) is 49.8 Å². The highest BCUT2D eigenvalue weighted by Crippen LogP contribution is 2.30. The first-order valence-corrected chi connectivity index (χ1v) is 6.03. The summed E-state index contributed by atoms with van der Waals surface area (Å²) in [5.41, 5.74) is -0.684. The zero-order chi connectivity index (χ0) is 12.2. The zero-order valence-corrected chi connectivity index (χ0v) is 10.5. The fourth-order valence-electron chi connectivity index (χ4n) is 2.24. The van der Waals surface area contributed by atoms with Crippen LogP contribution >= 0.6 is 0 Å². The lowest BCUT2D eigenvalue weighted by molar-refractivity contribution is -0.150. The van der Waals surface area contributed by atoms with Crippen LogP contribution in [0.2, 0.25) is 0 Å². The first-order valence-electron chi connectivity index (χ1n) is 6.03. The van der Waals surface area contributed by atoms with Crippen LogP contribution in [-0.2, 0) is 9.53 Å². The molecule has 0 spiro atoms. The summed E-state index contributed by atoms with van der Waals surface area (Å²) < 4.78 is 5.25. The van der Waals surface area contributed by atoms with Crippen LogP contribution in [0.3, 0.4) is 0 Å². The van der Waals surface area contributed by atoms with Crippen LogP contribution in [0.4, 0.5) is 0 Å². The lowest BCUT2D eigenvalue weighted by Gasteiger charge is -2.32. The molecule has 2 atom stereocenters. The minimum Gasteiger partial charge on any atom is -0.481 e. The van der Waals surface area contributed by atoms with Crippen molar-refractivity contribution in [3.63, 3.8) is 0 Å². The Hall–Kier alpha value is -0.610. The standard InChI is InChI=1S/C12H23NO3/c1-4-5-10(2)13(3)8-12(11(14)15)6-7-16-9-12/h10H,4-9H2,1-3H3,(H,14,15). The van der Waals surface area contributed by atoms with Gasteiger partial charge >= 0.3 is 5.97 Å². The molecule has 4 heteroatoms. The maximum Gasteiger partial charge on any atom is 0.313 e. The monoisotopic (exact) mass is 229 g/mol. The Balaban J connectivity index is 2.58. The summed E-state index contributed by atoms with van der Waals surface area (Å²) in [6.45, 7) is 5.81. The summed E-state index contributed by atoms with van der Waals surface area (Å²) in [7, 11) is 2.00. The van der Waals surface area contributed by atoms with Gasteiger partial charge in [0.25, 0.3) is 0 Å². The number of ether oxygens (including phenoxy) is 1. The van der Waals surface area contributed by atoms with Gasteiger partial charge in [0.1, 0.15) is 5.41 Å². The first-order chi connectivity index (χ1) is 7.52. The second-order valence-corrected chi connectivity index (χ2v) is 4.94. The fraction of sp³-hybridized carbons (Fsp3) is 0.917. The molecule has 1 fully saturated rings. The Morgan fingerprint density at radius 1 is 1.62 bits per heavy atom. The van der Waals surface area contributed by atoms with Gasteiger partial charge in [-0.3, -0.25) is 4.79 Å². The van der Waals surface area contributed by atoms with Gasteiger partial charge in [-0.05, 0) is 26.8 Å². The number of carboxylic acid groups (broad SMARTS) is 1. The van der Waals surface area contributed by atoms with Crippen LogP contribution in [-0.4, -0.2) is 48.8 Å². The molecule has 1 saturated heterocycles. The molecule has 1 aliphatic rings. The van der Waals surface area contributed by atoms with Crippen molar-refractivity contribution in [3.8, 4) is 0 Å². The van der Waals surface area contributed by atoms with E-state index in [9.17, 15) is 9.90 Å². The van der Waals surface area contributed by atoms with E-state index >= 15 is 0 Å². The second-order valence-electron chi connectivity index (χ2n) is 4.94. The minimum absolute atomic E-state index is 0.353. The maximum absolute atomic E-state index is 11.3. The van der Waals surface area contributed by atoms with E-state index in [1.54, 1.807) is 0 Å². The van der Waals surface area contributed by atoms with Crippen molar-refractivity contribution >= 4 is 5.97 Å². The van der Waals surface area contributed by atoms with Crippen molar-refractivity contribution in [1.29, 1.82) is 0 Å². The van der Waals surface area contributed by atoms with E-state index in [1.165, 1.54) is 0 Å². The van der Waals surface area contributed by atoms with E-state index in [0.29, 0.717) is 32.2 Å². The normalized spacial score (nSPS) is 27.2. The number of carboxylic acids is 1. The molecule has 1 rings (SSSR count). The molecule has 16 heavy (non-hydrogen) atoms. The third-order valence-corrected chi connectivity index (χ3v) is 3.57. The number of nitrogens with zero attached hydrogens (tertiary/aromatic N) is 1. The van der Waals surface area contributed by atoms with E-state index < -0.39 is 11.4 Å². The lowest BCUT2D eigenvalue weighted by atomic mass is 9.86. The summed E-state index contributed by atoms with van der Waals surface area (Å²) in [5.74, 6) is -0.722. The summed E-state index contributed by atoms with van der Waals surface area (Å²) in [5, 5.41) is 9.32. The van der Waals surface area contributed by atoms with Gasteiger partial charge in [-0.25, -0.2) is 0 Å². The van der Waals surface area contributed by atoms with Crippen LogP contribution in [0.15, 0.2) is 0 Å². The van der Waals surface area contributed by atoms with Gasteiger partial charge in [0, 0.05) is 19.2 Å². The molecule has 0 aromatic heterocycles. The predicted molar refractivity (Wildman–Crippen MR) is 62.5 cm³/mol. The lowest BCUT2D eigenvalue weighted by Crippen LogP contribution is -2.45. The molecule has 4 nitrogen and oxygen atoms in total. The van der Waals surface area contributed by atoms with Gasteiger partial charge in [-0.2, -0.15) is 0 Å². The number of hydrogen-bond donors (Lipinski definition) is 1. The van der Waals surface area contributed by atoms with Crippen LogP contribution in [0.1, 0.15) is 33.1 Å². The molecule has 0 aromatic carbocycles. The first kappa shape index (κ1) is 13.5. The molecule has 94 valence electrons. The predicted octanol–water partition coefficient (Wildman–Crippen LogP) is 1.60. The van der Waals surface area contributed by atoms with Crippen molar-refractivity contribution in [2.24, 2.45) is 5.41 Å². The largest absolute Gasteiger partial charge is 0.481 e. The fourth-order valence-corrected chi connectivity index (χ4v) is 2.24. The van der Waals surface area contributed by atoms with E-state index in [4.69, 9.17) is 4.74 Å². The van der Waals surface area contributed by atoms with Crippen LogP contribution in [0.5, 0.6) is 0 Å². The van der Waals surface area contributed by atoms with Gasteiger partial charge in [-0.1, -0.05) is 13.3 Å². The molecule has 1 aliphatic heterocycles. The van der Waals surface area contributed by atoms with Crippen molar-refractivity contribution in [3.05, 3.63) is 0 Å². The molecule has 0 bridgehead atoms. The Morgan fingerprint density at radius 2 is 2.31 bits per heavy atom. The SMILES string of the molecule is CCCC(C)N(C)CC1(C(=O)O)CCOC1. The number of carbonyl (C=O) groups is 1. The summed E-state index contributed by atoms with van der Waals surface area (Å²) in [6, 6.07) is 0.432. The number of rotatable bonds is 6. The van der Waals surface area contributed by atoms with Crippen molar-refractivity contribution in [2.75, 3.05) is 26.8 Å². The average Bonchev–Trinajstić information content (AvgIpc) is 2.68. The van der Waals surface area contributed by atoms with E-state index in [1.807, 2.05) is 7.05 Å². The molecule has 0 radical (unpaired) electrons. The summed E-state index contributed by atoms with van der Waals surface area (Å²) in [6.07, 6.45) is 2.86. The quantitative estimate of drug-likeness (QED) is 0.751. The maximum atomic E-state index is 11.3. The highest BCUT2D eigenvalue weighted by molar-refractivity contribution is 5.75. The van der Waals surface area contributed by atoms with Crippen LogP contribution < -0.4 is 0 Å². The number of aliphatic carboxylic acids is 1. The van der Waals surface area contributed by atoms with E-state index in [2.05, 4.69) is 18.7 Å². The van der Waals surface area contributed by atoms with E-state index in [0.717, 1.165) is 12.8 Å². The Morgan fingerprint density at radius 3 is 2.75 bits per heavy atom. The smallest absolute Gasteiger partial charge is 0.313 e. The molecule has 0 saturated carbocycles. The molecule has 0 aliphatic carbocycles. The van der Waals surface area contributed by atoms with Gasteiger partial charge in [0.15, 0.2) is 0 Å². The molecule has 2 unspecified atom stereocenters. The van der Waals surface area contributed by atoms with Crippen molar-refractivity contribution in [2.45, 2.75) is 39.2 Å². The van der Waals surface area contributed by atoms with Gasteiger partial charge < -0.3 is 14.7 Å². The van der Waals surface area contributed by atoms with Gasteiger partial charge in [0.05, 0.1) is 6.61 Å². The van der Waals surface area contributed by atoms with Crippen LogP contribution in [0, 0.1) is 5.41 Å². The Kier molecular flexibility index (Phi) is 4.74. The summed E-state index contributed by atoms with van der Waals surface area (Å²) in [4.78, 5) is 13.5. The molecular weight excluding hydrogens is 206 g/mol. The Labute approximate surface area is 97.6 Å². The van der Waals surface area contributed by atoms with Crippen molar-refractivity contribution < 1.29 is 14.6 Å². The molecule has 1 heterocycles. The molecular formula is C12H23NO3. The third-order valence-electron chi connectivity index (χ3n) is 3.57. The van der Waals surface area contributed by atoms with E-state index in [-0.39, 0.29) is 0 Å². The van der Waals surface area contributed by atoms with Crippen LogP contribution in [0.25, 0.3) is 0 Å². The van der Waals surface area contributed by atoms with Gasteiger partial charge in [0.2, 0.25) is 0 Å². The van der Waals surface area contributed by atoms with Crippen molar-refractivity contribution in [1.82, 2.24) is 4.90 Å². The number of hydrogen-bond acceptors (Lipinski definition) is 3. The molecule has 1 N–H and O–H groups in total. The summed E-state index contributed by atoms with van der Waals surface area (Å²) >= 11 is 0. The highest BCUT2D eigenvalue weighted by atomic mass is 16.5. The molecule has 0 aromatic rings. The molecule has 0 amide bonds. The zero-order valence-electron chi connectivity index (χ0n) is 10.5. The second kappa shape index (κ2) is 5.64. The Bertz CT molecular complexity index is 236. The third kappa shape index (κ3) is 2.95. The average molecular weight is 229 g/mol. The minimum atomic E-state index is -0.722. The highest BCUT2D eigenvalue weighted by Gasteiger charge is 2.43.